The van der Waals surface area contributed by atoms with Crippen LogP contribution >= 0.6 is 11.6 Å². The Morgan fingerprint density at radius 2 is 1.76 bits per heavy atom. The molecule has 1 aliphatic rings. The SMILES string of the molecule is CN1Cc2ccc(C(=O)NCc3c(F)cc(F)cc3F)cc2N(Cc2ccccc2Cl)C1=O. The fourth-order valence-electron chi connectivity index (χ4n) is 3.68. The van der Waals surface area contributed by atoms with E-state index in [1.807, 2.05) is 12.1 Å². The van der Waals surface area contributed by atoms with Gasteiger partial charge in [0.2, 0.25) is 0 Å². The van der Waals surface area contributed by atoms with Gasteiger partial charge in [0.1, 0.15) is 17.5 Å². The number of rotatable bonds is 5. The van der Waals surface area contributed by atoms with Crippen LogP contribution in [0.3, 0.4) is 0 Å². The maximum absolute atomic E-state index is 13.9. The smallest absolute Gasteiger partial charge is 0.324 e. The molecule has 0 atom stereocenters. The lowest BCUT2D eigenvalue weighted by Gasteiger charge is -2.35. The summed E-state index contributed by atoms with van der Waals surface area (Å²) in [5, 5.41) is 2.95. The van der Waals surface area contributed by atoms with Crippen molar-refractivity contribution in [1.29, 1.82) is 0 Å². The summed E-state index contributed by atoms with van der Waals surface area (Å²) in [5.74, 6) is -3.80. The van der Waals surface area contributed by atoms with Gasteiger partial charge in [0.25, 0.3) is 5.91 Å². The quantitative estimate of drug-likeness (QED) is 0.549. The number of hydrogen-bond donors (Lipinski definition) is 1. The third-order valence-electron chi connectivity index (χ3n) is 5.42. The third kappa shape index (κ3) is 4.66. The standard InChI is InChI=1S/C24H19ClF3N3O2/c1-30-12-16-7-6-14(23(32)29-11-18-20(27)9-17(26)10-21(18)28)8-22(16)31(24(30)33)13-15-4-2-3-5-19(15)25/h2-10H,11-13H2,1H3,(H,29,32). The Hall–Kier alpha value is -3.52. The number of nitrogens with zero attached hydrogens (tertiary/aromatic N) is 2. The molecule has 0 saturated heterocycles. The minimum atomic E-state index is -1.09. The van der Waals surface area contributed by atoms with Crippen molar-refractivity contribution in [2.45, 2.75) is 19.6 Å². The lowest BCUT2D eigenvalue weighted by atomic mass is 10.0. The topological polar surface area (TPSA) is 52.7 Å². The first-order chi connectivity index (χ1) is 15.7. The van der Waals surface area contributed by atoms with E-state index in [9.17, 15) is 22.8 Å². The number of amides is 3. The van der Waals surface area contributed by atoms with Crippen molar-refractivity contribution in [2.24, 2.45) is 0 Å². The first kappa shape index (κ1) is 22.7. The molecule has 33 heavy (non-hydrogen) atoms. The van der Waals surface area contributed by atoms with Crippen molar-refractivity contribution in [2.75, 3.05) is 11.9 Å². The van der Waals surface area contributed by atoms with Crippen molar-refractivity contribution in [3.63, 3.8) is 0 Å². The predicted octanol–water partition coefficient (Wildman–Crippen LogP) is 5.26. The summed E-state index contributed by atoms with van der Waals surface area (Å²) in [6.07, 6.45) is 0. The number of carbonyl (C=O) groups excluding carboxylic acids is 2. The van der Waals surface area contributed by atoms with E-state index in [1.165, 1.54) is 4.90 Å². The van der Waals surface area contributed by atoms with E-state index in [-0.39, 0.29) is 18.1 Å². The highest BCUT2D eigenvalue weighted by atomic mass is 35.5. The van der Waals surface area contributed by atoms with Crippen LogP contribution in [-0.4, -0.2) is 23.9 Å². The average molecular weight is 474 g/mol. The van der Waals surface area contributed by atoms with Crippen LogP contribution in [0.25, 0.3) is 0 Å². The van der Waals surface area contributed by atoms with Gasteiger partial charge in [-0.15, -0.1) is 0 Å². The molecular weight excluding hydrogens is 455 g/mol. The highest BCUT2D eigenvalue weighted by molar-refractivity contribution is 6.31. The van der Waals surface area contributed by atoms with E-state index < -0.39 is 35.5 Å². The van der Waals surface area contributed by atoms with Crippen LogP contribution in [0.5, 0.6) is 0 Å². The highest BCUT2D eigenvalue weighted by Gasteiger charge is 2.29. The summed E-state index contributed by atoms with van der Waals surface area (Å²) in [7, 11) is 1.68. The predicted molar refractivity (Wildman–Crippen MR) is 118 cm³/mol. The Labute approximate surface area is 193 Å². The van der Waals surface area contributed by atoms with E-state index in [4.69, 9.17) is 11.6 Å². The zero-order chi connectivity index (χ0) is 23.7. The van der Waals surface area contributed by atoms with Crippen molar-refractivity contribution in [1.82, 2.24) is 10.2 Å². The van der Waals surface area contributed by atoms with Gasteiger partial charge in [-0.05, 0) is 29.3 Å². The zero-order valence-corrected chi connectivity index (χ0v) is 18.3. The van der Waals surface area contributed by atoms with Gasteiger partial charge in [-0.1, -0.05) is 35.9 Å². The maximum Gasteiger partial charge on any atom is 0.324 e. The molecular formula is C24H19ClF3N3O2. The Morgan fingerprint density at radius 3 is 2.45 bits per heavy atom. The summed E-state index contributed by atoms with van der Waals surface area (Å²) in [6.45, 7) is 0.104. The summed E-state index contributed by atoms with van der Waals surface area (Å²) in [4.78, 5) is 28.7. The minimum absolute atomic E-state index is 0.201. The molecule has 0 aromatic heterocycles. The third-order valence-corrected chi connectivity index (χ3v) is 5.79. The second-order valence-electron chi connectivity index (χ2n) is 7.69. The Balaban J connectivity index is 1.59. The number of benzene rings is 3. The summed E-state index contributed by atoms with van der Waals surface area (Å²) in [5.41, 5.74) is 1.88. The number of anilines is 1. The summed E-state index contributed by atoms with van der Waals surface area (Å²) in [6, 6.07) is 12.9. The van der Waals surface area contributed by atoms with Gasteiger partial charge in [-0.3, -0.25) is 9.69 Å². The molecule has 1 heterocycles. The number of halogens is 4. The molecule has 0 unspecified atom stereocenters. The maximum atomic E-state index is 13.9. The van der Waals surface area contributed by atoms with Gasteiger partial charge in [0.15, 0.2) is 0 Å². The Kier molecular flexibility index (Phi) is 6.29. The Bertz CT molecular complexity index is 1230. The molecule has 3 aromatic carbocycles. The summed E-state index contributed by atoms with van der Waals surface area (Å²) < 4.78 is 40.8. The largest absolute Gasteiger partial charge is 0.348 e. The highest BCUT2D eigenvalue weighted by Crippen LogP contribution is 2.32. The molecule has 4 rings (SSSR count). The van der Waals surface area contributed by atoms with Gasteiger partial charge < -0.3 is 10.2 Å². The molecule has 5 nitrogen and oxygen atoms in total. The normalized spacial score (nSPS) is 13.2. The Morgan fingerprint density at radius 1 is 1.06 bits per heavy atom. The fraction of sp³-hybridized carbons (Fsp3) is 0.167. The monoisotopic (exact) mass is 473 g/mol. The zero-order valence-electron chi connectivity index (χ0n) is 17.5. The molecule has 1 N–H and O–H groups in total. The van der Waals surface area contributed by atoms with Crippen LogP contribution in [0, 0.1) is 17.5 Å². The van der Waals surface area contributed by atoms with Gasteiger partial charge in [-0.25, -0.2) is 18.0 Å². The molecule has 1 aliphatic heterocycles. The van der Waals surface area contributed by atoms with Gasteiger partial charge in [0.05, 0.1) is 12.2 Å². The second-order valence-corrected chi connectivity index (χ2v) is 8.10. The van der Waals surface area contributed by atoms with E-state index in [0.29, 0.717) is 29.4 Å². The number of carbonyl (C=O) groups is 2. The molecule has 0 radical (unpaired) electrons. The van der Waals surface area contributed by atoms with E-state index in [1.54, 1.807) is 42.3 Å². The van der Waals surface area contributed by atoms with Gasteiger partial charge in [0, 0.05) is 48.4 Å². The van der Waals surface area contributed by atoms with Crippen LogP contribution in [0.4, 0.5) is 23.7 Å². The first-order valence-electron chi connectivity index (χ1n) is 10.0. The van der Waals surface area contributed by atoms with Crippen molar-refractivity contribution >= 4 is 29.2 Å². The van der Waals surface area contributed by atoms with E-state index >= 15 is 0 Å². The van der Waals surface area contributed by atoms with Crippen LogP contribution in [0.15, 0.2) is 54.6 Å². The van der Waals surface area contributed by atoms with Crippen molar-refractivity contribution in [3.8, 4) is 0 Å². The second kappa shape index (κ2) is 9.15. The minimum Gasteiger partial charge on any atom is -0.348 e. The lowest BCUT2D eigenvalue weighted by Crippen LogP contribution is -2.45. The van der Waals surface area contributed by atoms with E-state index in [2.05, 4.69) is 5.32 Å². The van der Waals surface area contributed by atoms with Crippen LogP contribution in [0.2, 0.25) is 5.02 Å². The summed E-state index contributed by atoms with van der Waals surface area (Å²) >= 11 is 6.27. The fourth-order valence-corrected chi connectivity index (χ4v) is 3.88. The van der Waals surface area contributed by atoms with Gasteiger partial charge in [-0.2, -0.15) is 0 Å². The van der Waals surface area contributed by atoms with Gasteiger partial charge >= 0.3 is 6.03 Å². The number of urea groups is 1. The number of fused-ring (bicyclic) bond motifs is 1. The van der Waals surface area contributed by atoms with Crippen molar-refractivity contribution in [3.05, 3.63) is 99.3 Å². The molecule has 0 aliphatic carbocycles. The number of nitrogens with one attached hydrogen (secondary N) is 1. The van der Waals surface area contributed by atoms with Crippen molar-refractivity contribution < 1.29 is 22.8 Å². The molecule has 9 heteroatoms. The molecule has 3 amide bonds. The van der Waals surface area contributed by atoms with Crippen LogP contribution < -0.4 is 10.2 Å². The molecule has 0 fully saturated rings. The molecule has 0 saturated carbocycles. The molecule has 0 bridgehead atoms. The number of hydrogen-bond acceptors (Lipinski definition) is 2. The molecule has 3 aromatic rings. The lowest BCUT2D eigenvalue weighted by molar-refractivity contribution is 0.0950. The molecule has 0 spiro atoms. The first-order valence-corrected chi connectivity index (χ1v) is 10.4. The molecule has 170 valence electrons. The van der Waals surface area contributed by atoms with Crippen LogP contribution in [0.1, 0.15) is 27.0 Å². The van der Waals surface area contributed by atoms with E-state index in [0.717, 1.165) is 11.1 Å². The van der Waals surface area contributed by atoms with Crippen LogP contribution in [-0.2, 0) is 19.6 Å². The average Bonchev–Trinajstić information content (AvgIpc) is 2.77.